The number of halogens is 1. The molecule has 0 atom stereocenters. The van der Waals surface area contributed by atoms with Crippen LogP contribution >= 0.6 is 11.6 Å². The van der Waals surface area contributed by atoms with Gasteiger partial charge in [0.25, 0.3) is 0 Å². The van der Waals surface area contributed by atoms with Crippen molar-refractivity contribution in [1.82, 2.24) is 9.78 Å². The van der Waals surface area contributed by atoms with E-state index < -0.39 is 0 Å². The van der Waals surface area contributed by atoms with Gasteiger partial charge >= 0.3 is 29.6 Å². The number of hydrogen-bond donors (Lipinski definition) is 1. The van der Waals surface area contributed by atoms with E-state index in [0.717, 1.165) is 5.69 Å². The van der Waals surface area contributed by atoms with Gasteiger partial charge in [0.2, 0.25) is 5.88 Å². The minimum absolute atomic E-state index is 0. The van der Waals surface area contributed by atoms with Crippen molar-refractivity contribution in [2.45, 2.75) is 0 Å². The molecule has 1 aromatic heterocycles. The first-order chi connectivity index (χ1) is 6.25. The normalized spacial score (nSPS) is 9.50. The summed E-state index contributed by atoms with van der Waals surface area (Å²) in [4.78, 5) is 0. The van der Waals surface area contributed by atoms with E-state index in [0.29, 0.717) is 5.02 Å². The van der Waals surface area contributed by atoms with Crippen LogP contribution in [0.4, 0.5) is 0 Å². The zero-order valence-corrected chi connectivity index (χ0v) is 7.44. The molecule has 68 valence electrons. The number of aromatic hydroxyl groups is 1. The van der Waals surface area contributed by atoms with Gasteiger partial charge in [-0.25, -0.2) is 4.68 Å². The third-order valence-electron chi connectivity index (χ3n) is 1.67. The molecule has 0 aliphatic rings. The van der Waals surface area contributed by atoms with Gasteiger partial charge in [0.15, 0.2) is 0 Å². The molecule has 1 N–H and O–H groups in total. The standard InChI is InChI=1S/C9H7ClN2O.Na.H/c10-7-1-3-8(4-2-7)12-6-5-9(13)11-12;;/h1-6H,(H,11,13);;. The van der Waals surface area contributed by atoms with Gasteiger partial charge in [-0.2, -0.15) is 0 Å². The number of hydrogen-bond acceptors (Lipinski definition) is 2. The third kappa shape index (κ3) is 2.51. The summed E-state index contributed by atoms with van der Waals surface area (Å²) < 4.78 is 1.58. The van der Waals surface area contributed by atoms with Crippen LogP contribution in [0.3, 0.4) is 0 Å². The molecule has 0 saturated heterocycles. The quantitative estimate of drug-likeness (QED) is 0.738. The van der Waals surface area contributed by atoms with Crippen molar-refractivity contribution < 1.29 is 5.11 Å². The molecule has 3 nitrogen and oxygen atoms in total. The molecule has 2 aromatic rings. The van der Waals surface area contributed by atoms with Gasteiger partial charge in [0, 0.05) is 17.3 Å². The van der Waals surface area contributed by atoms with Gasteiger partial charge in [-0.1, -0.05) is 11.6 Å². The predicted octanol–water partition coefficient (Wildman–Crippen LogP) is 1.58. The molecule has 0 aliphatic heterocycles. The summed E-state index contributed by atoms with van der Waals surface area (Å²) in [6.07, 6.45) is 1.68. The van der Waals surface area contributed by atoms with Gasteiger partial charge in [-0.05, 0) is 24.3 Å². The van der Waals surface area contributed by atoms with Crippen LogP contribution < -0.4 is 0 Å². The van der Waals surface area contributed by atoms with Gasteiger partial charge in [0.1, 0.15) is 0 Å². The SMILES string of the molecule is Oc1ccn(-c2ccc(Cl)cc2)n1.[NaH]. The summed E-state index contributed by atoms with van der Waals surface area (Å²) in [6.45, 7) is 0. The summed E-state index contributed by atoms with van der Waals surface area (Å²) >= 11 is 5.73. The zero-order chi connectivity index (χ0) is 9.26. The molecular formula is C9H8ClN2NaO. The van der Waals surface area contributed by atoms with Crippen molar-refractivity contribution in [3.05, 3.63) is 41.6 Å². The Hall–Kier alpha value is -0.480. The molecule has 0 saturated carbocycles. The third-order valence-corrected chi connectivity index (χ3v) is 1.92. The van der Waals surface area contributed by atoms with Gasteiger partial charge in [-0.3, -0.25) is 0 Å². The summed E-state index contributed by atoms with van der Waals surface area (Å²) in [7, 11) is 0. The predicted molar refractivity (Wildman–Crippen MR) is 57.4 cm³/mol. The molecule has 2 rings (SSSR count). The summed E-state index contributed by atoms with van der Waals surface area (Å²) in [5, 5.41) is 13.5. The number of rotatable bonds is 1. The molecule has 1 aromatic carbocycles. The molecule has 5 heteroatoms. The van der Waals surface area contributed by atoms with E-state index in [2.05, 4.69) is 5.10 Å². The summed E-state index contributed by atoms with van der Waals surface area (Å²) in [5.41, 5.74) is 0.865. The second-order valence-corrected chi connectivity index (χ2v) is 3.03. The van der Waals surface area contributed by atoms with Crippen LogP contribution in [-0.4, -0.2) is 44.4 Å². The molecule has 0 amide bonds. The molecular weight excluding hydrogens is 211 g/mol. The van der Waals surface area contributed by atoms with Gasteiger partial charge < -0.3 is 5.11 Å². The average molecular weight is 219 g/mol. The molecule has 14 heavy (non-hydrogen) atoms. The molecule has 0 unspecified atom stereocenters. The Balaban J connectivity index is 0.000000980. The Labute approximate surface area is 109 Å². The molecule has 0 aliphatic carbocycles. The Morgan fingerprint density at radius 3 is 2.29 bits per heavy atom. The minimum atomic E-state index is 0. The van der Waals surface area contributed by atoms with E-state index in [-0.39, 0.29) is 35.4 Å². The fourth-order valence-corrected chi connectivity index (χ4v) is 1.18. The van der Waals surface area contributed by atoms with Crippen LogP contribution in [0.15, 0.2) is 36.5 Å². The number of aromatic nitrogens is 2. The van der Waals surface area contributed by atoms with E-state index in [4.69, 9.17) is 16.7 Å². The maximum absolute atomic E-state index is 9.01. The van der Waals surface area contributed by atoms with Crippen LogP contribution in [0.5, 0.6) is 5.88 Å². The second-order valence-electron chi connectivity index (χ2n) is 2.59. The molecule has 0 spiro atoms. The van der Waals surface area contributed by atoms with Crippen molar-refractivity contribution in [3.63, 3.8) is 0 Å². The van der Waals surface area contributed by atoms with Crippen LogP contribution in [-0.2, 0) is 0 Å². The van der Waals surface area contributed by atoms with Crippen LogP contribution in [0.25, 0.3) is 5.69 Å². The van der Waals surface area contributed by atoms with Crippen LogP contribution in [0.1, 0.15) is 0 Å². The summed E-state index contributed by atoms with van der Waals surface area (Å²) in [5.74, 6) is 0.00921. The first-order valence-electron chi connectivity index (χ1n) is 3.76. The van der Waals surface area contributed by atoms with Crippen molar-refractivity contribution in [2.24, 2.45) is 0 Å². The van der Waals surface area contributed by atoms with Gasteiger partial charge in [0.05, 0.1) is 5.69 Å². The van der Waals surface area contributed by atoms with Crippen molar-refractivity contribution >= 4 is 41.2 Å². The first kappa shape index (κ1) is 11.6. The maximum atomic E-state index is 9.01. The molecule has 0 fully saturated rings. The molecule has 1 heterocycles. The first-order valence-corrected chi connectivity index (χ1v) is 4.14. The van der Waals surface area contributed by atoms with E-state index >= 15 is 0 Å². The summed E-state index contributed by atoms with van der Waals surface area (Å²) in [6, 6.07) is 8.73. The van der Waals surface area contributed by atoms with Crippen LogP contribution in [0, 0.1) is 0 Å². The monoisotopic (exact) mass is 218 g/mol. The zero-order valence-electron chi connectivity index (χ0n) is 6.68. The van der Waals surface area contributed by atoms with Crippen molar-refractivity contribution in [3.8, 4) is 11.6 Å². The Morgan fingerprint density at radius 2 is 1.79 bits per heavy atom. The Kier molecular flexibility index (Phi) is 4.01. The van der Waals surface area contributed by atoms with E-state index in [1.165, 1.54) is 6.07 Å². The Bertz CT molecular complexity index is 413. The topological polar surface area (TPSA) is 38.0 Å². The molecule has 0 bridgehead atoms. The van der Waals surface area contributed by atoms with Crippen LogP contribution in [0.2, 0.25) is 5.02 Å². The van der Waals surface area contributed by atoms with E-state index in [1.54, 1.807) is 23.0 Å². The fourth-order valence-electron chi connectivity index (χ4n) is 1.05. The van der Waals surface area contributed by atoms with Crippen molar-refractivity contribution in [2.75, 3.05) is 0 Å². The number of benzene rings is 1. The molecule has 0 radical (unpaired) electrons. The fraction of sp³-hybridized carbons (Fsp3) is 0. The second kappa shape index (κ2) is 4.84. The van der Waals surface area contributed by atoms with Crippen molar-refractivity contribution in [1.29, 1.82) is 0 Å². The van der Waals surface area contributed by atoms with E-state index in [1.807, 2.05) is 12.1 Å². The van der Waals surface area contributed by atoms with E-state index in [9.17, 15) is 0 Å². The Morgan fingerprint density at radius 1 is 1.14 bits per heavy atom. The average Bonchev–Trinajstić information content (AvgIpc) is 2.53. The number of nitrogens with zero attached hydrogens (tertiary/aromatic N) is 2. The van der Waals surface area contributed by atoms with Gasteiger partial charge in [-0.15, -0.1) is 5.10 Å².